The van der Waals surface area contributed by atoms with Crippen LogP contribution in [0.3, 0.4) is 0 Å². The van der Waals surface area contributed by atoms with Gasteiger partial charge in [-0.25, -0.2) is 4.98 Å². The molecule has 0 atom stereocenters. The molecule has 0 spiro atoms. The van der Waals surface area contributed by atoms with Gasteiger partial charge in [0.05, 0.1) is 12.9 Å². The second kappa shape index (κ2) is 8.17. The molecule has 2 aromatic carbocycles. The smallest absolute Gasteiger partial charge is 0.234 e. The van der Waals surface area contributed by atoms with Gasteiger partial charge in [-0.05, 0) is 42.5 Å². The van der Waals surface area contributed by atoms with Gasteiger partial charge in [0, 0.05) is 15.7 Å². The van der Waals surface area contributed by atoms with E-state index in [1.165, 1.54) is 11.8 Å². The lowest BCUT2D eigenvalue weighted by Crippen LogP contribution is -2.14. The van der Waals surface area contributed by atoms with Crippen molar-refractivity contribution >= 4 is 39.3 Å². The number of aromatic nitrogens is 3. The average molecular weight is 419 g/mol. The molecule has 0 radical (unpaired) electrons. The van der Waals surface area contributed by atoms with Crippen molar-refractivity contribution in [3.8, 4) is 17.1 Å². The second-order valence-electron chi connectivity index (χ2n) is 5.04. The van der Waals surface area contributed by atoms with E-state index in [0.717, 1.165) is 21.5 Å². The molecule has 25 heavy (non-hydrogen) atoms. The van der Waals surface area contributed by atoms with Crippen molar-refractivity contribution < 1.29 is 9.53 Å². The zero-order chi connectivity index (χ0) is 17.6. The van der Waals surface area contributed by atoms with Crippen LogP contribution >= 0.6 is 27.7 Å². The molecule has 1 amide bonds. The average Bonchev–Trinajstić information content (AvgIpc) is 3.09. The van der Waals surface area contributed by atoms with Crippen LogP contribution in [-0.2, 0) is 4.79 Å². The molecule has 0 unspecified atom stereocenters. The molecule has 0 aliphatic rings. The van der Waals surface area contributed by atoms with Gasteiger partial charge in [0.15, 0.2) is 5.82 Å². The summed E-state index contributed by atoms with van der Waals surface area (Å²) >= 11 is 4.65. The van der Waals surface area contributed by atoms with E-state index in [-0.39, 0.29) is 11.7 Å². The van der Waals surface area contributed by atoms with Crippen LogP contribution in [-0.4, -0.2) is 34.0 Å². The Morgan fingerprint density at radius 2 is 2.08 bits per heavy atom. The molecule has 1 aromatic heterocycles. The van der Waals surface area contributed by atoms with Crippen LogP contribution in [0.5, 0.6) is 5.75 Å². The summed E-state index contributed by atoms with van der Waals surface area (Å²) in [6.07, 6.45) is 0. The molecule has 2 N–H and O–H groups in total. The van der Waals surface area contributed by atoms with Crippen LogP contribution in [0.1, 0.15) is 0 Å². The van der Waals surface area contributed by atoms with Crippen LogP contribution in [0, 0.1) is 0 Å². The highest BCUT2D eigenvalue weighted by molar-refractivity contribution is 9.10. The van der Waals surface area contributed by atoms with Crippen molar-refractivity contribution in [3.63, 3.8) is 0 Å². The topological polar surface area (TPSA) is 79.9 Å². The zero-order valence-corrected chi connectivity index (χ0v) is 15.7. The minimum atomic E-state index is -0.112. The van der Waals surface area contributed by atoms with E-state index in [9.17, 15) is 4.79 Å². The first-order chi connectivity index (χ1) is 12.1. The van der Waals surface area contributed by atoms with Crippen molar-refractivity contribution in [1.29, 1.82) is 0 Å². The van der Waals surface area contributed by atoms with Crippen LogP contribution in [0.15, 0.2) is 58.2 Å². The molecular formula is C17H15BrN4O2S. The molecule has 3 aromatic rings. The Hall–Kier alpha value is -2.32. The number of carbonyl (C=O) groups excluding carboxylic acids is 1. The third-order valence-electron chi connectivity index (χ3n) is 3.27. The Balaban J connectivity index is 1.56. The van der Waals surface area contributed by atoms with Crippen molar-refractivity contribution in [2.75, 3.05) is 18.2 Å². The molecule has 1 heterocycles. The van der Waals surface area contributed by atoms with E-state index in [1.54, 1.807) is 7.11 Å². The van der Waals surface area contributed by atoms with Gasteiger partial charge in [-0.2, -0.15) is 0 Å². The van der Waals surface area contributed by atoms with Gasteiger partial charge < -0.3 is 10.1 Å². The number of H-pyrrole nitrogens is 1. The summed E-state index contributed by atoms with van der Waals surface area (Å²) in [6.45, 7) is 0. The molecule has 0 fully saturated rings. The number of benzene rings is 2. The summed E-state index contributed by atoms with van der Waals surface area (Å²) in [5, 5.41) is 10.4. The number of nitrogens with zero attached hydrogens (tertiary/aromatic N) is 2. The lowest BCUT2D eigenvalue weighted by atomic mass is 10.2. The number of halogens is 1. The van der Waals surface area contributed by atoms with Gasteiger partial charge in [-0.15, -0.1) is 5.10 Å². The number of amides is 1. The number of anilines is 1. The molecule has 0 saturated carbocycles. The maximum absolute atomic E-state index is 12.0. The van der Waals surface area contributed by atoms with Gasteiger partial charge in [-0.3, -0.25) is 9.89 Å². The highest BCUT2D eigenvalue weighted by Crippen LogP contribution is 2.22. The molecule has 0 saturated heterocycles. The van der Waals surface area contributed by atoms with E-state index in [0.29, 0.717) is 11.0 Å². The van der Waals surface area contributed by atoms with Crippen LogP contribution in [0.25, 0.3) is 11.4 Å². The van der Waals surface area contributed by atoms with Gasteiger partial charge in [0.25, 0.3) is 0 Å². The first kappa shape index (κ1) is 17.5. The second-order valence-corrected chi connectivity index (χ2v) is 6.90. The maximum atomic E-state index is 12.0. The quantitative estimate of drug-likeness (QED) is 0.591. The minimum Gasteiger partial charge on any atom is -0.497 e. The third-order valence-corrected chi connectivity index (χ3v) is 4.61. The number of aromatic amines is 1. The number of rotatable bonds is 6. The number of hydrogen-bond acceptors (Lipinski definition) is 5. The number of carbonyl (C=O) groups is 1. The number of nitrogens with one attached hydrogen (secondary N) is 2. The largest absolute Gasteiger partial charge is 0.497 e. The summed E-state index contributed by atoms with van der Waals surface area (Å²) in [7, 11) is 1.62. The molecule has 6 nitrogen and oxygen atoms in total. The highest BCUT2D eigenvalue weighted by Gasteiger charge is 2.09. The SMILES string of the molecule is COc1ccc(-c2nc(SCC(=O)Nc3cccc(Br)c3)n[nH]2)cc1. The number of methoxy groups -OCH3 is 1. The van der Waals surface area contributed by atoms with Crippen molar-refractivity contribution in [2.45, 2.75) is 5.16 Å². The summed E-state index contributed by atoms with van der Waals surface area (Å²) in [6, 6.07) is 15.0. The fourth-order valence-electron chi connectivity index (χ4n) is 2.08. The fraction of sp³-hybridized carbons (Fsp3) is 0.118. The lowest BCUT2D eigenvalue weighted by molar-refractivity contribution is -0.113. The Morgan fingerprint density at radius 3 is 2.80 bits per heavy atom. The van der Waals surface area contributed by atoms with Gasteiger partial charge in [-0.1, -0.05) is 33.8 Å². The molecule has 0 aliphatic heterocycles. The highest BCUT2D eigenvalue weighted by atomic mass is 79.9. The standard InChI is InChI=1S/C17H15BrN4O2S/c1-24-14-7-5-11(6-8-14)16-20-17(22-21-16)25-10-15(23)19-13-4-2-3-12(18)9-13/h2-9H,10H2,1H3,(H,19,23)(H,20,21,22). The fourth-order valence-corrected chi connectivity index (χ4v) is 3.08. The van der Waals surface area contributed by atoms with Gasteiger partial charge in [0.2, 0.25) is 11.1 Å². The van der Waals surface area contributed by atoms with Gasteiger partial charge >= 0.3 is 0 Å². The first-order valence-electron chi connectivity index (χ1n) is 7.39. The van der Waals surface area contributed by atoms with E-state index in [1.807, 2.05) is 48.5 Å². The van der Waals surface area contributed by atoms with Crippen molar-refractivity contribution in [2.24, 2.45) is 0 Å². The first-order valence-corrected chi connectivity index (χ1v) is 9.17. The number of thioether (sulfide) groups is 1. The minimum absolute atomic E-state index is 0.112. The third kappa shape index (κ3) is 4.83. The molecule has 0 bridgehead atoms. The molecule has 0 aliphatic carbocycles. The van der Waals surface area contributed by atoms with Crippen molar-refractivity contribution in [3.05, 3.63) is 53.0 Å². The van der Waals surface area contributed by atoms with E-state index in [2.05, 4.69) is 36.4 Å². The van der Waals surface area contributed by atoms with E-state index < -0.39 is 0 Å². The summed E-state index contributed by atoms with van der Waals surface area (Å²) in [5.74, 6) is 1.55. The molecular weight excluding hydrogens is 404 g/mol. The summed E-state index contributed by atoms with van der Waals surface area (Å²) in [4.78, 5) is 16.4. The predicted molar refractivity (Wildman–Crippen MR) is 102 cm³/mol. The normalized spacial score (nSPS) is 10.5. The monoisotopic (exact) mass is 418 g/mol. The Labute approximate surface area is 157 Å². The number of ether oxygens (including phenoxy) is 1. The van der Waals surface area contributed by atoms with E-state index >= 15 is 0 Å². The Morgan fingerprint density at radius 1 is 1.28 bits per heavy atom. The van der Waals surface area contributed by atoms with Crippen LogP contribution in [0.4, 0.5) is 5.69 Å². The van der Waals surface area contributed by atoms with Crippen molar-refractivity contribution in [1.82, 2.24) is 15.2 Å². The zero-order valence-electron chi connectivity index (χ0n) is 13.3. The van der Waals surface area contributed by atoms with Crippen LogP contribution in [0.2, 0.25) is 0 Å². The molecule has 8 heteroatoms. The Bertz CT molecular complexity index is 867. The predicted octanol–water partition coefficient (Wildman–Crippen LogP) is 3.97. The summed E-state index contributed by atoms with van der Waals surface area (Å²) < 4.78 is 6.05. The van der Waals surface area contributed by atoms with Crippen LogP contribution < -0.4 is 10.1 Å². The lowest BCUT2D eigenvalue weighted by Gasteiger charge is -2.04. The maximum Gasteiger partial charge on any atom is 0.234 e. The number of hydrogen-bond donors (Lipinski definition) is 2. The molecule has 3 rings (SSSR count). The summed E-state index contributed by atoms with van der Waals surface area (Å²) in [5.41, 5.74) is 1.65. The molecule has 128 valence electrons. The van der Waals surface area contributed by atoms with Gasteiger partial charge in [0.1, 0.15) is 5.75 Å². The Kier molecular flexibility index (Phi) is 5.72. The van der Waals surface area contributed by atoms with E-state index in [4.69, 9.17) is 4.74 Å².